The summed E-state index contributed by atoms with van der Waals surface area (Å²) < 4.78 is 24.9. The van der Waals surface area contributed by atoms with Crippen LogP contribution in [0.15, 0.2) is 40.8 Å². The molecule has 1 N–H and O–H groups in total. The van der Waals surface area contributed by atoms with Gasteiger partial charge in [-0.3, -0.25) is 14.5 Å². The second-order valence-corrected chi connectivity index (χ2v) is 10.4. The van der Waals surface area contributed by atoms with Crippen LogP contribution in [0.5, 0.6) is 0 Å². The van der Waals surface area contributed by atoms with Crippen LogP contribution in [0.1, 0.15) is 49.5 Å². The van der Waals surface area contributed by atoms with Crippen molar-refractivity contribution < 1.29 is 23.1 Å². The Morgan fingerprint density at radius 2 is 1.85 bits per heavy atom. The predicted molar refractivity (Wildman–Crippen MR) is 143 cm³/mol. The summed E-state index contributed by atoms with van der Waals surface area (Å²) in [5.41, 5.74) is 0.545. The lowest BCUT2D eigenvalue weighted by Crippen LogP contribution is -2.50. The molecule has 214 valence electrons. The molecule has 1 atom stereocenters. The number of carbonyl (C=O) groups excluding carboxylic acids is 2. The van der Waals surface area contributed by atoms with Crippen molar-refractivity contribution in [3.05, 3.63) is 53.5 Å². The number of aryl methyl sites for hydroxylation is 1. The molecule has 0 spiro atoms. The number of nitrogens with zero attached hydrogens (tertiary/aromatic N) is 6. The van der Waals surface area contributed by atoms with Gasteiger partial charge in [-0.05, 0) is 54.8 Å². The van der Waals surface area contributed by atoms with Gasteiger partial charge in [0.05, 0.1) is 13.2 Å². The fourth-order valence-electron chi connectivity index (χ4n) is 5.29. The van der Waals surface area contributed by atoms with Crippen molar-refractivity contribution in [3.8, 4) is 11.6 Å². The zero-order valence-electron chi connectivity index (χ0n) is 22.8. The lowest BCUT2D eigenvalue weighted by Gasteiger charge is -2.35. The summed E-state index contributed by atoms with van der Waals surface area (Å²) in [5.74, 6) is 0.409. The summed E-state index contributed by atoms with van der Waals surface area (Å²) in [6, 6.07) is 8.43. The standard InChI is InChI=1S/C28H36FN7O4/c1-20-7-12-24(40-20)27-31-33-36(32-27)19-25(37)35(14-13-34-15-17-39-18-16-34)26(21-8-10-22(29)11-9-21)28(38)30-23-5-3-2-4-6-23/h7-12,23,26H,2-6,13-19H2,1H3,(H,30,38)/t26-/m1/s1. The molecule has 0 radical (unpaired) electrons. The maximum Gasteiger partial charge on any atom is 0.247 e. The van der Waals surface area contributed by atoms with E-state index in [1.54, 1.807) is 29.2 Å². The van der Waals surface area contributed by atoms with E-state index >= 15 is 0 Å². The van der Waals surface area contributed by atoms with E-state index in [1.807, 2.05) is 6.92 Å². The monoisotopic (exact) mass is 553 g/mol. The summed E-state index contributed by atoms with van der Waals surface area (Å²) >= 11 is 0. The lowest BCUT2D eigenvalue weighted by molar-refractivity contribution is -0.142. The Hall–Kier alpha value is -3.64. The van der Waals surface area contributed by atoms with Gasteiger partial charge in [0.15, 0.2) is 5.76 Å². The van der Waals surface area contributed by atoms with Gasteiger partial charge in [-0.2, -0.15) is 4.80 Å². The summed E-state index contributed by atoms with van der Waals surface area (Å²) in [6.07, 6.45) is 5.08. The number of morpholine rings is 1. The van der Waals surface area contributed by atoms with E-state index in [4.69, 9.17) is 9.15 Å². The molecular formula is C28H36FN7O4. The van der Waals surface area contributed by atoms with Gasteiger partial charge in [0, 0.05) is 32.2 Å². The number of hydrogen-bond donors (Lipinski definition) is 1. The quantitative estimate of drug-likeness (QED) is 0.407. The van der Waals surface area contributed by atoms with Crippen LogP contribution in [-0.4, -0.2) is 87.3 Å². The molecule has 3 heterocycles. The molecule has 2 aliphatic rings. The van der Waals surface area contributed by atoms with E-state index in [0.717, 1.165) is 45.2 Å². The zero-order chi connectivity index (χ0) is 27.9. The summed E-state index contributed by atoms with van der Waals surface area (Å²) in [4.78, 5) is 32.7. The van der Waals surface area contributed by atoms with Gasteiger partial charge < -0.3 is 19.4 Å². The number of rotatable bonds is 10. The van der Waals surface area contributed by atoms with Gasteiger partial charge >= 0.3 is 0 Å². The van der Waals surface area contributed by atoms with E-state index in [9.17, 15) is 14.0 Å². The fraction of sp³-hybridized carbons (Fsp3) is 0.536. The van der Waals surface area contributed by atoms with E-state index in [2.05, 4.69) is 25.6 Å². The normalized spacial score (nSPS) is 17.4. The van der Waals surface area contributed by atoms with Crippen LogP contribution in [0.4, 0.5) is 4.39 Å². The Balaban J connectivity index is 1.40. The van der Waals surface area contributed by atoms with Gasteiger partial charge in [-0.1, -0.05) is 31.4 Å². The van der Waals surface area contributed by atoms with Crippen molar-refractivity contribution in [2.24, 2.45) is 0 Å². The topological polar surface area (TPSA) is 119 Å². The third-order valence-electron chi connectivity index (χ3n) is 7.47. The molecular weight excluding hydrogens is 517 g/mol. The second-order valence-electron chi connectivity index (χ2n) is 10.4. The number of carbonyl (C=O) groups is 2. The second kappa shape index (κ2) is 13.1. The average Bonchev–Trinajstić information content (AvgIpc) is 3.61. The number of halogens is 1. The highest BCUT2D eigenvalue weighted by Crippen LogP contribution is 2.25. The number of amides is 2. The molecule has 40 heavy (non-hydrogen) atoms. The van der Waals surface area contributed by atoms with Crippen LogP contribution in [0, 0.1) is 12.7 Å². The van der Waals surface area contributed by atoms with Crippen LogP contribution in [0.2, 0.25) is 0 Å². The third kappa shape index (κ3) is 7.11. The fourth-order valence-corrected chi connectivity index (χ4v) is 5.29. The minimum atomic E-state index is -0.938. The first-order valence-corrected chi connectivity index (χ1v) is 14.0. The first kappa shape index (κ1) is 27.9. The Kier molecular flexibility index (Phi) is 9.17. The molecule has 1 aromatic carbocycles. The molecule has 1 saturated heterocycles. The van der Waals surface area contributed by atoms with Crippen molar-refractivity contribution in [1.29, 1.82) is 0 Å². The Labute approximate surface area is 232 Å². The SMILES string of the molecule is Cc1ccc(-c2nnn(CC(=O)N(CCN3CCOCC3)[C@@H](C(=O)NC3CCCCC3)c3ccc(F)cc3)n2)o1. The summed E-state index contributed by atoms with van der Waals surface area (Å²) in [6.45, 7) is 5.18. The highest BCUT2D eigenvalue weighted by Gasteiger charge is 2.34. The van der Waals surface area contributed by atoms with Crippen LogP contribution in [0.3, 0.4) is 0 Å². The van der Waals surface area contributed by atoms with Gasteiger partial charge in [0.1, 0.15) is 24.2 Å². The molecule has 2 fully saturated rings. The summed E-state index contributed by atoms with van der Waals surface area (Å²) in [5, 5.41) is 15.6. The molecule has 11 nitrogen and oxygen atoms in total. The minimum Gasteiger partial charge on any atom is -0.458 e. The minimum absolute atomic E-state index is 0.0525. The molecule has 1 aliphatic heterocycles. The Bertz CT molecular complexity index is 1270. The van der Waals surface area contributed by atoms with E-state index in [1.165, 1.54) is 16.9 Å². The van der Waals surface area contributed by atoms with Crippen molar-refractivity contribution in [2.75, 3.05) is 39.4 Å². The molecule has 2 amide bonds. The van der Waals surface area contributed by atoms with Gasteiger partial charge in [-0.15, -0.1) is 10.2 Å². The molecule has 0 unspecified atom stereocenters. The van der Waals surface area contributed by atoms with Gasteiger partial charge in [0.25, 0.3) is 0 Å². The molecule has 0 bridgehead atoms. The average molecular weight is 554 g/mol. The molecule has 12 heteroatoms. The Morgan fingerprint density at radius 1 is 1.10 bits per heavy atom. The number of ether oxygens (including phenoxy) is 1. The Morgan fingerprint density at radius 3 is 2.55 bits per heavy atom. The largest absolute Gasteiger partial charge is 0.458 e. The van der Waals surface area contributed by atoms with E-state index in [-0.39, 0.29) is 36.8 Å². The van der Waals surface area contributed by atoms with E-state index in [0.29, 0.717) is 36.8 Å². The van der Waals surface area contributed by atoms with Crippen molar-refractivity contribution >= 4 is 11.8 Å². The third-order valence-corrected chi connectivity index (χ3v) is 7.47. The van der Waals surface area contributed by atoms with Crippen molar-refractivity contribution in [1.82, 2.24) is 35.3 Å². The molecule has 1 aliphatic carbocycles. The number of furan rings is 1. The number of tetrazole rings is 1. The number of nitrogens with one attached hydrogen (secondary N) is 1. The highest BCUT2D eigenvalue weighted by atomic mass is 19.1. The maximum absolute atomic E-state index is 13.9. The van der Waals surface area contributed by atoms with Crippen LogP contribution in [-0.2, 0) is 20.9 Å². The smallest absolute Gasteiger partial charge is 0.247 e. The van der Waals surface area contributed by atoms with E-state index < -0.39 is 11.9 Å². The maximum atomic E-state index is 13.9. The first-order valence-electron chi connectivity index (χ1n) is 14.0. The van der Waals surface area contributed by atoms with Crippen molar-refractivity contribution in [2.45, 2.75) is 57.7 Å². The van der Waals surface area contributed by atoms with Crippen LogP contribution in [0.25, 0.3) is 11.6 Å². The zero-order valence-corrected chi connectivity index (χ0v) is 22.8. The highest BCUT2D eigenvalue weighted by molar-refractivity contribution is 5.89. The van der Waals surface area contributed by atoms with Gasteiger partial charge in [0.2, 0.25) is 17.6 Å². The van der Waals surface area contributed by atoms with Gasteiger partial charge in [-0.25, -0.2) is 4.39 Å². The molecule has 5 rings (SSSR count). The molecule has 3 aromatic rings. The number of aromatic nitrogens is 4. The van der Waals surface area contributed by atoms with Crippen molar-refractivity contribution in [3.63, 3.8) is 0 Å². The number of hydrogen-bond acceptors (Lipinski definition) is 8. The van der Waals surface area contributed by atoms with Crippen LogP contribution < -0.4 is 5.32 Å². The summed E-state index contributed by atoms with van der Waals surface area (Å²) in [7, 11) is 0. The lowest BCUT2D eigenvalue weighted by atomic mass is 9.94. The predicted octanol–water partition coefficient (Wildman–Crippen LogP) is 2.73. The molecule has 1 saturated carbocycles. The van der Waals surface area contributed by atoms with Crippen LogP contribution >= 0.6 is 0 Å². The molecule has 2 aromatic heterocycles. The number of benzene rings is 1. The first-order chi connectivity index (χ1) is 19.5.